The minimum atomic E-state index is -4.31. The Morgan fingerprint density at radius 3 is 1.81 bits per heavy atom. The lowest BCUT2D eigenvalue weighted by molar-refractivity contribution is 0.387. The summed E-state index contributed by atoms with van der Waals surface area (Å²) in [4.78, 5) is 19.1. The molecule has 0 aliphatic rings. The van der Waals surface area contributed by atoms with Crippen LogP contribution in [0.4, 0.5) is 0 Å². The predicted octanol–water partition coefficient (Wildman–Crippen LogP) is 5.87. The maximum absolute atomic E-state index is 11.7. The summed E-state index contributed by atoms with van der Waals surface area (Å²) in [5.74, 6) is 0. The van der Waals surface area contributed by atoms with E-state index in [4.69, 9.17) is 0 Å². The molecule has 4 nitrogen and oxygen atoms in total. The molecule has 0 atom stereocenters. The fourth-order valence-electron chi connectivity index (χ4n) is 4.21. The van der Waals surface area contributed by atoms with Gasteiger partial charge in [-0.3, -0.25) is 4.57 Å². The summed E-state index contributed by atoms with van der Waals surface area (Å²) in [5.41, 5.74) is 7.36. The Morgan fingerprint density at radius 2 is 1.23 bits per heavy atom. The molecule has 0 aliphatic heterocycles. The quantitative estimate of drug-likeness (QED) is 0.354. The van der Waals surface area contributed by atoms with Gasteiger partial charge in [0, 0.05) is 16.5 Å². The molecule has 0 saturated heterocycles. The highest BCUT2D eigenvalue weighted by Gasteiger charge is 2.18. The van der Waals surface area contributed by atoms with E-state index in [9.17, 15) is 14.4 Å². The first kappa shape index (κ1) is 19.8. The van der Waals surface area contributed by atoms with Crippen molar-refractivity contribution in [3.8, 4) is 16.8 Å². The van der Waals surface area contributed by atoms with Crippen LogP contribution in [-0.4, -0.2) is 14.4 Å². The summed E-state index contributed by atoms with van der Waals surface area (Å²) in [5, 5.41) is 2.43. The van der Waals surface area contributed by atoms with E-state index in [0.29, 0.717) is 0 Å². The Morgan fingerprint density at radius 1 is 0.677 bits per heavy atom. The molecule has 5 aromatic rings. The van der Waals surface area contributed by atoms with Crippen molar-refractivity contribution in [2.75, 3.05) is 0 Å². The maximum atomic E-state index is 11.7. The third-order valence-electron chi connectivity index (χ3n) is 5.70. The number of rotatable bonds is 3. The smallest absolute Gasteiger partial charge is 0.321 e. The molecular weight excluding hydrogens is 405 g/mol. The zero-order chi connectivity index (χ0) is 21.8. The van der Waals surface area contributed by atoms with Gasteiger partial charge in [-0.2, -0.15) is 0 Å². The van der Waals surface area contributed by atoms with Gasteiger partial charge in [0.15, 0.2) is 0 Å². The number of aromatic nitrogens is 1. The minimum Gasteiger partial charge on any atom is -0.321 e. The summed E-state index contributed by atoms with van der Waals surface area (Å²) >= 11 is 0. The molecule has 2 N–H and O–H groups in total. The van der Waals surface area contributed by atoms with Crippen molar-refractivity contribution in [3.05, 3.63) is 96.1 Å². The van der Waals surface area contributed by atoms with Crippen LogP contribution in [0.3, 0.4) is 0 Å². The van der Waals surface area contributed by atoms with Crippen LogP contribution < -0.4 is 5.30 Å². The Hall–Kier alpha value is -3.17. The summed E-state index contributed by atoms with van der Waals surface area (Å²) in [7, 11) is -4.31. The van der Waals surface area contributed by atoms with Crippen LogP contribution in [0.15, 0.2) is 84.9 Å². The molecule has 31 heavy (non-hydrogen) atoms. The molecule has 0 radical (unpaired) electrons. The summed E-state index contributed by atoms with van der Waals surface area (Å²) in [6.07, 6.45) is 0. The second-order valence-electron chi connectivity index (χ2n) is 8.02. The number of hydrogen-bond donors (Lipinski definition) is 2. The van der Waals surface area contributed by atoms with Gasteiger partial charge in [0.2, 0.25) is 0 Å². The van der Waals surface area contributed by atoms with Crippen LogP contribution in [-0.2, 0) is 4.57 Å². The van der Waals surface area contributed by atoms with E-state index in [0.717, 1.165) is 27.8 Å². The van der Waals surface area contributed by atoms with Crippen LogP contribution in [0, 0.1) is 13.8 Å². The van der Waals surface area contributed by atoms with E-state index in [1.807, 2.05) is 18.2 Å². The molecule has 0 amide bonds. The van der Waals surface area contributed by atoms with Gasteiger partial charge in [0.1, 0.15) is 0 Å². The fraction of sp³-hybridized carbons (Fsp3) is 0.0769. The van der Waals surface area contributed by atoms with Crippen LogP contribution >= 0.6 is 7.60 Å². The van der Waals surface area contributed by atoms with Crippen LogP contribution in [0.5, 0.6) is 0 Å². The Bertz CT molecular complexity index is 1450. The average Bonchev–Trinajstić information content (AvgIpc) is 3.05. The lowest BCUT2D eigenvalue weighted by Crippen LogP contribution is -2.03. The van der Waals surface area contributed by atoms with Crippen LogP contribution in [0.25, 0.3) is 38.6 Å². The molecule has 0 bridgehead atoms. The average molecular weight is 427 g/mol. The first-order valence-corrected chi connectivity index (χ1v) is 11.7. The van der Waals surface area contributed by atoms with Crippen molar-refractivity contribution in [2.45, 2.75) is 13.8 Å². The van der Waals surface area contributed by atoms with E-state index in [1.165, 1.54) is 28.0 Å². The number of fused-ring (bicyclic) bond motifs is 3. The lowest BCUT2D eigenvalue weighted by Gasteiger charge is -2.12. The molecular formula is C26H22NO3P. The van der Waals surface area contributed by atoms with Crippen molar-refractivity contribution >= 4 is 34.7 Å². The number of aryl methyl sites for hydroxylation is 2. The van der Waals surface area contributed by atoms with Gasteiger partial charge in [-0.15, -0.1) is 0 Å². The molecule has 0 aliphatic carbocycles. The van der Waals surface area contributed by atoms with Crippen molar-refractivity contribution in [1.82, 2.24) is 4.57 Å². The summed E-state index contributed by atoms with van der Waals surface area (Å²) < 4.78 is 14.0. The zero-order valence-corrected chi connectivity index (χ0v) is 18.2. The Kier molecular flexibility index (Phi) is 4.60. The molecule has 0 unspecified atom stereocenters. The Balaban J connectivity index is 1.76. The molecule has 5 rings (SSSR count). The molecule has 1 heterocycles. The molecule has 0 saturated carbocycles. The normalized spacial score (nSPS) is 12.0. The second kappa shape index (κ2) is 7.21. The second-order valence-corrected chi connectivity index (χ2v) is 9.63. The van der Waals surface area contributed by atoms with E-state index >= 15 is 0 Å². The molecule has 5 heteroatoms. The van der Waals surface area contributed by atoms with E-state index in [-0.39, 0.29) is 5.30 Å². The van der Waals surface area contributed by atoms with Gasteiger partial charge in [0.05, 0.1) is 16.3 Å². The zero-order valence-electron chi connectivity index (χ0n) is 17.3. The van der Waals surface area contributed by atoms with Gasteiger partial charge < -0.3 is 14.4 Å². The first-order chi connectivity index (χ1) is 14.8. The molecule has 0 fully saturated rings. The van der Waals surface area contributed by atoms with E-state index < -0.39 is 7.60 Å². The number of benzene rings is 4. The van der Waals surface area contributed by atoms with Gasteiger partial charge in [-0.25, -0.2) is 0 Å². The van der Waals surface area contributed by atoms with E-state index in [2.05, 4.69) is 66.9 Å². The van der Waals surface area contributed by atoms with Gasteiger partial charge in [-0.1, -0.05) is 48.5 Å². The van der Waals surface area contributed by atoms with E-state index in [1.54, 1.807) is 12.1 Å². The highest BCUT2D eigenvalue weighted by atomic mass is 31.2. The molecule has 1 aromatic heterocycles. The fourth-order valence-corrected chi connectivity index (χ4v) is 4.80. The molecule has 154 valence electrons. The monoisotopic (exact) mass is 427 g/mol. The predicted molar refractivity (Wildman–Crippen MR) is 127 cm³/mol. The van der Waals surface area contributed by atoms with Crippen molar-refractivity contribution in [2.24, 2.45) is 0 Å². The topological polar surface area (TPSA) is 62.5 Å². The lowest BCUT2D eigenvalue weighted by atomic mass is 10.1. The largest absolute Gasteiger partial charge is 0.356 e. The van der Waals surface area contributed by atoms with Crippen molar-refractivity contribution < 1.29 is 14.4 Å². The standard InChI is InChI=1S/C26H22NO3P/c1-17-9-11-23-24-12-10-18(2)14-26(24)27(25(23)13-17)21-7-3-5-19(15-21)20-6-4-8-22(16-20)31(28,29)30/h3-16H,1-2H3,(H2,28,29,30). The minimum absolute atomic E-state index is 0.0264. The first-order valence-electron chi connectivity index (χ1n) is 10.1. The number of nitrogens with zero attached hydrogens (tertiary/aromatic N) is 1. The summed E-state index contributed by atoms with van der Waals surface area (Å²) in [6.45, 7) is 4.19. The summed E-state index contributed by atoms with van der Waals surface area (Å²) in [6, 6.07) is 27.7. The molecule has 4 aromatic carbocycles. The SMILES string of the molecule is Cc1ccc2c3ccc(C)cc3n(-c3cccc(-c4cccc(P(=O)(O)O)c4)c3)c2c1. The maximum Gasteiger partial charge on any atom is 0.356 e. The van der Waals surface area contributed by atoms with Crippen molar-refractivity contribution in [1.29, 1.82) is 0 Å². The van der Waals surface area contributed by atoms with Gasteiger partial charge in [-0.05, 0) is 72.5 Å². The van der Waals surface area contributed by atoms with Gasteiger partial charge >= 0.3 is 7.60 Å². The highest BCUT2D eigenvalue weighted by Crippen LogP contribution is 2.36. The van der Waals surface area contributed by atoms with Gasteiger partial charge in [0.25, 0.3) is 0 Å². The molecule has 0 spiro atoms. The number of hydrogen-bond acceptors (Lipinski definition) is 1. The highest BCUT2D eigenvalue weighted by molar-refractivity contribution is 7.60. The van der Waals surface area contributed by atoms with Crippen LogP contribution in [0.1, 0.15) is 11.1 Å². The van der Waals surface area contributed by atoms with Crippen LogP contribution in [0.2, 0.25) is 0 Å². The third-order valence-corrected chi connectivity index (χ3v) is 6.65. The third kappa shape index (κ3) is 3.49. The Labute approximate surface area is 180 Å². The van der Waals surface area contributed by atoms with Crippen molar-refractivity contribution in [3.63, 3.8) is 0 Å².